The fourth-order valence-corrected chi connectivity index (χ4v) is 0.331. The summed E-state index contributed by atoms with van der Waals surface area (Å²) in [6.45, 7) is 2.15. The van der Waals surface area contributed by atoms with Gasteiger partial charge in [-0.05, 0) is 13.8 Å². The molecule has 0 aromatic rings. The Morgan fingerprint density at radius 1 is 1.30 bits per heavy atom. The van der Waals surface area contributed by atoms with E-state index in [0.717, 1.165) is 6.92 Å². The lowest BCUT2D eigenvalue weighted by Crippen LogP contribution is -2.49. The molecule has 0 aromatic heterocycles. The summed E-state index contributed by atoms with van der Waals surface area (Å²) in [6, 6.07) is 0. The van der Waals surface area contributed by atoms with E-state index in [0.29, 0.717) is 0 Å². The van der Waals surface area contributed by atoms with Gasteiger partial charge in [0.1, 0.15) is 0 Å². The van der Waals surface area contributed by atoms with Gasteiger partial charge in [0, 0.05) is 0 Å². The Hall–Kier alpha value is -0.690. The van der Waals surface area contributed by atoms with Crippen LogP contribution in [0.5, 0.6) is 0 Å². The number of rotatable bonds is 0. The highest BCUT2D eigenvalue weighted by atomic mass is 19.4. The van der Waals surface area contributed by atoms with Crippen molar-refractivity contribution in [3.8, 4) is 11.8 Å². The van der Waals surface area contributed by atoms with Gasteiger partial charge in [0.15, 0.2) is 5.54 Å². The van der Waals surface area contributed by atoms with E-state index < -0.39 is 11.7 Å². The monoisotopic (exact) mass is 151 g/mol. The standard InChI is InChI=1S/C6H8F3N/c1-3-4-5(2,10)6(7,8)9/h10H2,1-2H3. The Bertz CT molecular complexity index is 170. The molecule has 0 aromatic carbocycles. The highest BCUT2D eigenvalue weighted by Gasteiger charge is 2.46. The summed E-state index contributed by atoms with van der Waals surface area (Å²) in [5.41, 5.74) is 2.43. The quantitative estimate of drug-likeness (QED) is 0.518. The van der Waals surface area contributed by atoms with Gasteiger partial charge < -0.3 is 5.73 Å². The van der Waals surface area contributed by atoms with Gasteiger partial charge in [-0.15, -0.1) is 5.92 Å². The molecule has 0 saturated carbocycles. The molecular weight excluding hydrogens is 143 g/mol. The molecule has 4 heteroatoms. The summed E-state index contributed by atoms with van der Waals surface area (Å²) in [6.07, 6.45) is -4.45. The first-order valence-electron chi connectivity index (χ1n) is 2.61. The Morgan fingerprint density at radius 2 is 1.70 bits per heavy atom. The lowest BCUT2D eigenvalue weighted by Gasteiger charge is -2.20. The molecule has 0 aliphatic rings. The molecule has 0 rings (SSSR count). The summed E-state index contributed by atoms with van der Waals surface area (Å²) in [5.74, 6) is 3.98. The molecule has 0 fully saturated rings. The summed E-state index contributed by atoms with van der Waals surface area (Å²) in [4.78, 5) is 0. The highest BCUT2D eigenvalue weighted by Crippen LogP contribution is 2.26. The smallest absolute Gasteiger partial charge is 0.308 e. The van der Waals surface area contributed by atoms with Crippen molar-refractivity contribution in [1.29, 1.82) is 0 Å². The maximum atomic E-state index is 11.8. The fourth-order valence-electron chi connectivity index (χ4n) is 0.331. The van der Waals surface area contributed by atoms with Crippen LogP contribution in [0, 0.1) is 11.8 Å². The Labute approximate surface area is 57.4 Å². The molecule has 10 heavy (non-hydrogen) atoms. The topological polar surface area (TPSA) is 26.0 Å². The molecule has 1 atom stereocenters. The van der Waals surface area contributed by atoms with E-state index in [1.165, 1.54) is 6.92 Å². The SMILES string of the molecule is CC#CC(C)(N)C(F)(F)F. The summed E-state index contributed by atoms with van der Waals surface area (Å²) >= 11 is 0. The number of hydrogen-bond donors (Lipinski definition) is 1. The lowest BCUT2D eigenvalue weighted by atomic mass is 10.1. The first kappa shape index (κ1) is 9.31. The fraction of sp³-hybridized carbons (Fsp3) is 0.667. The van der Waals surface area contributed by atoms with Crippen LogP contribution >= 0.6 is 0 Å². The molecule has 2 N–H and O–H groups in total. The van der Waals surface area contributed by atoms with Crippen LogP contribution in [0.3, 0.4) is 0 Å². The average Bonchev–Trinajstić information content (AvgIpc) is 1.61. The Morgan fingerprint density at radius 3 is 1.80 bits per heavy atom. The second-order valence-corrected chi connectivity index (χ2v) is 2.08. The van der Waals surface area contributed by atoms with Gasteiger partial charge in [0.25, 0.3) is 0 Å². The maximum absolute atomic E-state index is 11.8. The van der Waals surface area contributed by atoms with Gasteiger partial charge in [0.2, 0.25) is 0 Å². The number of alkyl halides is 3. The van der Waals surface area contributed by atoms with Crippen LogP contribution in [0.4, 0.5) is 13.2 Å². The van der Waals surface area contributed by atoms with E-state index in [4.69, 9.17) is 5.73 Å². The first-order chi connectivity index (χ1) is 4.31. The molecule has 1 unspecified atom stereocenters. The molecule has 0 heterocycles. The first-order valence-corrected chi connectivity index (χ1v) is 2.61. The minimum atomic E-state index is -4.45. The van der Waals surface area contributed by atoms with Gasteiger partial charge >= 0.3 is 6.18 Å². The maximum Gasteiger partial charge on any atom is 0.417 e. The molecule has 0 spiro atoms. The average molecular weight is 151 g/mol. The molecule has 0 aliphatic heterocycles. The summed E-state index contributed by atoms with van der Waals surface area (Å²) in [5, 5.41) is 0. The van der Waals surface area contributed by atoms with Gasteiger partial charge in [0.05, 0.1) is 0 Å². The zero-order chi connectivity index (χ0) is 8.41. The van der Waals surface area contributed by atoms with Crippen LogP contribution in [0.2, 0.25) is 0 Å². The van der Waals surface area contributed by atoms with E-state index in [2.05, 4.69) is 5.92 Å². The molecule has 0 amide bonds. The van der Waals surface area contributed by atoms with E-state index in [9.17, 15) is 13.2 Å². The largest absolute Gasteiger partial charge is 0.417 e. The van der Waals surface area contributed by atoms with Crippen molar-refractivity contribution < 1.29 is 13.2 Å². The second kappa shape index (κ2) is 2.51. The van der Waals surface area contributed by atoms with Crippen molar-refractivity contribution in [1.82, 2.24) is 0 Å². The van der Waals surface area contributed by atoms with Crippen LogP contribution in [-0.4, -0.2) is 11.7 Å². The van der Waals surface area contributed by atoms with Crippen molar-refractivity contribution in [2.75, 3.05) is 0 Å². The minimum absolute atomic E-state index is 0.837. The number of nitrogens with two attached hydrogens (primary N) is 1. The van der Waals surface area contributed by atoms with Gasteiger partial charge in [-0.3, -0.25) is 0 Å². The third kappa shape index (κ3) is 1.92. The number of hydrogen-bond acceptors (Lipinski definition) is 1. The summed E-state index contributed by atoms with van der Waals surface area (Å²) in [7, 11) is 0. The predicted molar refractivity (Wildman–Crippen MR) is 32.1 cm³/mol. The summed E-state index contributed by atoms with van der Waals surface area (Å²) < 4.78 is 35.4. The van der Waals surface area contributed by atoms with E-state index in [1.54, 1.807) is 0 Å². The van der Waals surface area contributed by atoms with Crippen molar-refractivity contribution in [2.45, 2.75) is 25.6 Å². The lowest BCUT2D eigenvalue weighted by molar-refractivity contribution is -0.163. The van der Waals surface area contributed by atoms with Crippen molar-refractivity contribution in [3.05, 3.63) is 0 Å². The second-order valence-electron chi connectivity index (χ2n) is 2.08. The molecule has 58 valence electrons. The molecule has 0 saturated heterocycles. The van der Waals surface area contributed by atoms with E-state index >= 15 is 0 Å². The predicted octanol–water partition coefficient (Wildman–Crippen LogP) is 1.29. The molecular formula is C6H8F3N. The van der Waals surface area contributed by atoms with Crippen molar-refractivity contribution >= 4 is 0 Å². The van der Waals surface area contributed by atoms with Crippen LogP contribution in [-0.2, 0) is 0 Å². The zero-order valence-electron chi connectivity index (χ0n) is 5.71. The third-order valence-electron chi connectivity index (χ3n) is 0.974. The molecule has 0 bridgehead atoms. The highest BCUT2D eigenvalue weighted by molar-refractivity contribution is 5.16. The van der Waals surface area contributed by atoms with Crippen LogP contribution < -0.4 is 5.73 Å². The Balaban J connectivity index is 4.51. The van der Waals surface area contributed by atoms with Gasteiger partial charge in [-0.25, -0.2) is 0 Å². The van der Waals surface area contributed by atoms with Crippen LogP contribution in [0.1, 0.15) is 13.8 Å². The number of halogens is 3. The normalized spacial score (nSPS) is 17.0. The molecule has 0 aliphatic carbocycles. The van der Waals surface area contributed by atoms with Crippen LogP contribution in [0.25, 0.3) is 0 Å². The van der Waals surface area contributed by atoms with E-state index in [-0.39, 0.29) is 0 Å². The van der Waals surface area contributed by atoms with Crippen LogP contribution in [0.15, 0.2) is 0 Å². The van der Waals surface area contributed by atoms with Gasteiger partial charge in [-0.2, -0.15) is 13.2 Å². The molecule has 1 nitrogen and oxygen atoms in total. The van der Waals surface area contributed by atoms with E-state index in [1.807, 2.05) is 5.92 Å². The Kier molecular flexibility index (Phi) is 2.33. The minimum Gasteiger partial charge on any atom is -0.308 e. The van der Waals surface area contributed by atoms with Crippen molar-refractivity contribution in [3.63, 3.8) is 0 Å². The molecule has 0 radical (unpaired) electrons. The van der Waals surface area contributed by atoms with Crippen molar-refractivity contribution in [2.24, 2.45) is 5.73 Å². The van der Waals surface area contributed by atoms with Gasteiger partial charge in [-0.1, -0.05) is 5.92 Å². The third-order valence-corrected chi connectivity index (χ3v) is 0.974. The zero-order valence-corrected chi connectivity index (χ0v) is 5.71.